The molecule has 0 aliphatic carbocycles. The lowest BCUT2D eigenvalue weighted by Gasteiger charge is -2.06. The van der Waals surface area contributed by atoms with Crippen molar-refractivity contribution in [2.75, 3.05) is 0 Å². The quantitative estimate of drug-likeness (QED) is 0.857. The Kier molecular flexibility index (Phi) is 3.36. The van der Waals surface area contributed by atoms with Crippen LogP contribution < -0.4 is 0 Å². The molecule has 0 atom stereocenters. The van der Waals surface area contributed by atoms with Crippen molar-refractivity contribution in [2.24, 2.45) is 0 Å². The molecular weight excluding hydrogens is 298 g/mol. The van der Waals surface area contributed by atoms with Crippen LogP contribution in [0.15, 0.2) is 23.1 Å². The molecule has 8 heteroatoms. The first-order valence-corrected chi connectivity index (χ1v) is 6.99. The van der Waals surface area contributed by atoms with Gasteiger partial charge in [0.05, 0.1) is 21.3 Å². The van der Waals surface area contributed by atoms with Crippen LogP contribution in [0.5, 0.6) is 0 Å². The highest BCUT2D eigenvalue weighted by atomic mass is 35.5. The average Bonchev–Trinajstić information content (AvgIpc) is 2.61. The van der Waals surface area contributed by atoms with Gasteiger partial charge in [0, 0.05) is 0 Å². The predicted octanol–water partition coefficient (Wildman–Crippen LogP) is 2.67. The van der Waals surface area contributed by atoms with Crippen LogP contribution in [0, 0.1) is 25.5 Å². The lowest BCUT2D eigenvalue weighted by atomic mass is 10.3. The Labute approximate surface area is 113 Å². The summed E-state index contributed by atoms with van der Waals surface area (Å²) in [5, 5.41) is 4.00. The zero-order valence-corrected chi connectivity index (χ0v) is 11.6. The van der Waals surface area contributed by atoms with Gasteiger partial charge in [-0.1, -0.05) is 11.6 Å². The SMILES string of the molecule is Cc1nn(S(=O)(=O)c2ccc(F)c(F)c2)c(C)c1Cl. The van der Waals surface area contributed by atoms with Gasteiger partial charge in [0.15, 0.2) is 11.6 Å². The lowest BCUT2D eigenvalue weighted by Crippen LogP contribution is -2.16. The van der Waals surface area contributed by atoms with Crippen LogP contribution in [0.4, 0.5) is 8.78 Å². The summed E-state index contributed by atoms with van der Waals surface area (Å²) in [6.45, 7) is 3.02. The highest BCUT2D eigenvalue weighted by molar-refractivity contribution is 7.89. The molecule has 0 bridgehead atoms. The van der Waals surface area contributed by atoms with Crippen molar-refractivity contribution in [1.29, 1.82) is 0 Å². The Morgan fingerprint density at radius 1 is 1.21 bits per heavy atom. The maximum absolute atomic E-state index is 13.1. The zero-order chi connectivity index (χ0) is 14.4. The first-order chi connectivity index (χ1) is 8.75. The minimum absolute atomic E-state index is 0.212. The van der Waals surface area contributed by atoms with Gasteiger partial charge in [-0.25, -0.2) is 8.78 Å². The van der Waals surface area contributed by atoms with Gasteiger partial charge in [-0.15, -0.1) is 0 Å². The van der Waals surface area contributed by atoms with Crippen LogP contribution in [0.2, 0.25) is 5.02 Å². The first-order valence-electron chi connectivity index (χ1n) is 5.17. The normalized spacial score (nSPS) is 11.8. The molecule has 0 unspecified atom stereocenters. The Morgan fingerprint density at radius 2 is 1.84 bits per heavy atom. The first kappa shape index (κ1) is 14.0. The average molecular weight is 307 g/mol. The molecule has 0 aliphatic rings. The number of nitrogens with zero attached hydrogens (tertiary/aromatic N) is 2. The number of benzene rings is 1. The maximum Gasteiger partial charge on any atom is 0.283 e. The zero-order valence-electron chi connectivity index (χ0n) is 9.99. The van der Waals surface area contributed by atoms with Crippen LogP contribution in [0.1, 0.15) is 11.4 Å². The van der Waals surface area contributed by atoms with Gasteiger partial charge < -0.3 is 0 Å². The van der Waals surface area contributed by atoms with Gasteiger partial charge in [-0.3, -0.25) is 0 Å². The van der Waals surface area contributed by atoms with Gasteiger partial charge in [0.1, 0.15) is 0 Å². The van der Waals surface area contributed by atoms with Gasteiger partial charge >= 0.3 is 0 Å². The summed E-state index contributed by atoms with van der Waals surface area (Å²) < 4.78 is 51.1. The molecule has 4 nitrogen and oxygen atoms in total. The molecule has 2 aromatic rings. The fourth-order valence-corrected chi connectivity index (χ4v) is 3.11. The van der Waals surface area contributed by atoms with E-state index in [9.17, 15) is 17.2 Å². The maximum atomic E-state index is 13.1. The second-order valence-corrected chi connectivity index (χ2v) is 6.05. The van der Waals surface area contributed by atoms with Gasteiger partial charge in [-0.2, -0.15) is 17.6 Å². The summed E-state index contributed by atoms with van der Waals surface area (Å²) in [7, 11) is -4.10. The Bertz CT molecular complexity index is 756. The number of aryl methyl sites for hydroxylation is 1. The van der Waals surface area contributed by atoms with Crippen molar-refractivity contribution < 1.29 is 17.2 Å². The van der Waals surface area contributed by atoms with Gasteiger partial charge in [0.2, 0.25) is 0 Å². The van der Waals surface area contributed by atoms with Crippen LogP contribution in [0.3, 0.4) is 0 Å². The third-order valence-electron chi connectivity index (χ3n) is 2.58. The Balaban J connectivity index is 2.65. The molecule has 0 aliphatic heterocycles. The van der Waals surface area contributed by atoms with Crippen molar-refractivity contribution in [1.82, 2.24) is 9.19 Å². The van der Waals surface area contributed by atoms with E-state index in [4.69, 9.17) is 11.6 Å². The lowest BCUT2D eigenvalue weighted by molar-refractivity contribution is 0.504. The van der Waals surface area contributed by atoms with E-state index in [1.54, 1.807) is 6.92 Å². The molecule has 2 rings (SSSR count). The molecule has 0 N–H and O–H groups in total. The van der Waals surface area contributed by atoms with Crippen molar-refractivity contribution >= 4 is 21.6 Å². The number of hydrogen-bond donors (Lipinski definition) is 0. The molecular formula is C11H9ClF2N2O2S. The van der Waals surface area contributed by atoms with Crippen molar-refractivity contribution in [3.63, 3.8) is 0 Å². The van der Waals surface area contributed by atoms with Gasteiger partial charge in [0.25, 0.3) is 10.0 Å². The Hall–Kier alpha value is -1.47. The van der Waals surface area contributed by atoms with E-state index in [1.165, 1.54) is 6.92 Å². The van der Waals surface area contributed by atoms with E-state index in [0.29, 0.717) is 15.8 Å². The highest BCUT2D eigenvalue weighted by Crippen LogP contribution is 2.24. The Morgan fingerprint density at radius 3 is 2.32 bits per heavy atom. The highest BCUT2D eigenvalue weighted by Gasteiger charge is 2.24. The largest absolute Gasteiger partial charge is 0.283 e. The summed E-state index contributed by atoms with van der Waals surface area (Å²) >= 11 is 5.87. The van der Waals surface area contributed by atoms with Crippen LogP contribution >= 0.6 is 11.6 Å². The van der Waals surface area contributed by atoms with Crippen molar-refractivity contribution in [3.8, 4) is 0 Å². The standard InChI is InChI=1S/C11H9ClF2N2O2S/c1-6-11(12)7(2)16(15-6)19(17,18)8-3-4-9(13)10(14)5-8/h3-5H,1-2H3. The fraction of sp³-hybridized carbons (Fsp3) is 0.182. The van der Waals surface area contributed by atoms with Crippen molar-refractivity contribution in [3.05, 3.63) is 46.2 Å². The molecule has 0 amide bonds. The van der Waals surface area contributed by atoms with E-state index < -0.39 is 26.6 Å². The second kappa shape index (κ2) is 4.57. The molecule has 102 valence electrons. The summed E-state index contributed by atoms with van der Waals surface area (Å²) in [6, 6.07) is 2.32. The smallest absolute Gasteiger partial charge is 0.204 e. The third kappa shape index (κ3) is 2.23. The van der Waals surface area contributed by atoms with Crippen LogP contribution in [-0.2, 0) is 10.0 Å². The fourth-order valence-electron chi connectivity index (χ4n) is 1.57. The second-order valence-electron chi connectivity index (χ2n) is 3.91. The number of halogens is 3. The molecule has 1 aromatic carbocycles. The molecule has 0 fully saturated rings. The summed E-state index contributed by atoms with van der Waals surface area (Å²) in [5.41, 5.74) is 0.550. The number of hydrogen-bond acceptors (Lipinski definition) is 3. The molecule has 0 spiro atoms. The van der Waals surface area contributed by atoms with E-state index in [-0.39, 0.29) is 10.7 Å². The molecule has 1 heterocycles. The van der Waals surface area contributed by atoms with E-state index >= 15 is 0 Å². The van der Waals surface area contributed by atoms with Crippen molar-refractivity contribution in [2.45, 2.75) is 18.7 Å². The minimum atomic E-state index is -4.10. The molecule has 0 saturated carbocycles. The molecule has 0 radical (unpaired) electrons. The number of rotatable bonds is 2. The van der Waals surface area contributed by atoms with Crippen LogP contribution in [0.25, 0.3) is 0 Å². The monoisotopic (exact) mass is 306 g/mol. The van der Waals surface area contributed by atoms with E-state index in [1.807, 2.05) is 0 Å². The summed E-state index contributed by atoms with van der Waals surface area (Å²) in [5.74, 6) is -2.36. The van der Waals surface area contributed by atoms with Gasteiger partial charge in [-0.05, 0) is 32.0 Å². The molecule has 19 heavy (non-hydrogen) atoms. The topological polar surface area (TPSA) is 52.0 Å². The summed E-state index contributed by atoms with van der Waals surface area (Å²) in [6.07, 6.45) is 0. The minimum Gasteiger partial charge on any atom is -0.204 e. The molecule has 1 aromatic heterocycles. The number of aromatic nitrogens is 2. The van der Waals surface area contributed by atoms with E-state index in [2.05, 4.69) is 5.10 Å². The predicted molar refractivity (Wildman–Crippen MR) is 65.7 cm³/mol. The van der Waals surface area contributed by atoms with Crippen LogP contribution in [-0.4, -0.2) is 17.6 Å². The molecule has 0 saturated heterocycles. The van der Waals surface area contributed by atoms with E-state index in [0.717, 1.165) is 12.1 Å². The summed E-state index contributed by atoms with van der Waals surface area (Å²) in [4.78, 5) is -0.395. The third-order valence-corrected chi connectivity index (χ3v) is 4.79.